The SMILES string of the molecule is COc1cc(OC)c2c(c1)C(=O)CCCN2C. The van der Waals surface area contributed by atoms with Crippen molar-refractivity contribution in [1.82, 2.24) is 0 Å². The average Bonchev–Trinajstić information content (AvgIpc) is 2.49. The molecule has 0 atom stereocenters. The summed E-state index contributed by atoms with van der Waals surface area (Å²) >= 11 is 0. The quantitative estimate of drug-likeness (QED) is 0.787. The van der Waals surface area contributed by atoms with Gasteiger partial charge in [-0.15, -0.1) is 0 Å². The van der Waals surface area contributed by atoms with Gasteiger partial charge in [0.05, 0.1) is 19.9 Å². The van der Waals surface area contributed by atoms with Gasteiger partial charge in [0, 0.05) is 31.6 Å². The zero-order valence-electron chi connectivity index (χ0n) is 10.4. The van der Waals surface area contributed by atoms with Crippen molar-refractivity contribution in [1.29, 1.82) is 0 Å². The van der Waals surface area contributed by atoms with Crippen molar-refractivity contribution < 1.29 is 14.3 Å². The number of ketones is 1. The van der Waals surface area contributed by atoms with Crippen LogP contribution in [0.3, 0.4) is 0 Å². The Morgan fingerprint density at radius 3 is 2.65 bits per heavy atom. The monoisotopic (exact) mass is 235 g/mol. The number of hydrogen-bond donors (Lipinski definition) is 0. The van der Waals surface area contributed by atoms with Crippen molar-refractivity contribution in [2.45, 2.75) is 12.8 Å². The molecule has 1 heterocycles. The van der Waals surface area contributed by atoms with Gasteiger partial charge in [-0.2, -0.15) is 0 Å². The van der Waals surface area contributed by atoms with Crippen LogP contribution in [0.4, 0.5) is 5.69 Å². The molecule has 0 radical (unpaired) electrons. The van der Waals surface area contributed by atoms with Crippen LogP contribution in [0, 0.1) is 0 Å². The summed E-state index contributed by atoms with van der Waals surface area (Å²) < 4.78 is 10.6. The molecule has 0 fully saturated rings. The Labute approximate surface area is 101 Å². The fraction of sp³-hybridized carbons (Fsp3) is 0.462. The van der Waals surface area contributed by atoms with E-state index < -0.39 is 0 Å². The highest BCUT2D eigenvalue weighted by Gasteiger charge is 2.23. The second-order valence-electron chi connectivity index (χ2n) is 4.17. The summed E-state index contributed by atoms with van der Waals surface area (Å²) in [5.41, 5.74) is 1.57. The molecule has 0 saturated heterocycles. The first-order valence-electron chi connectivity index (χ1n) is 5.67. The Balaban J connectivity index is 2.63. The van der Waals surface area contributed by atoms with Gasteiger partial charge in [-0.1, -0.05) is 0 Å². The maximum absolute atomic E-state index is 12.0. The van der Waals surface area contributed by atoms with Crippen LogP contribution in [-0.2, 0) is 0 Å². The van der Waals surface area contributed by atoms with E-state index in [0.29, 0.717) is 23.5 Å². The molecule has 1 aliphatic heterocycles. The molecule has 0 unspecified atom stereocenters. The molecule has 0 spiro atoms. The summed E-state index contributed by atoms with van der Waals surface area (Å²) in [5.74, 6) is 1.50. The molecule has 0 saturated carbocycles. The minimum Gasteiger partial charge on any atom is -0.497 e. The molecule has 0 aromatic heterocycles. The van der Waals surface area contributed by atoms with Crippen LogP contribution in [0.15, 0.2) is 12.1 Å². The van der Waals surface area contributed by atoms with Crippen LogP contribution in [0.2, 0.25) is 0 Å². The average molecular weight is 235 g/mol. The minimum absolute atomic E-state index is 0.154. The molecule has 0 N–H and O–H groups in total. The molecule has 4 heteroatoms. The standard InChI is InChI=1S/C13H17NO3/c1-14-6-4-5-11(15)10-7-9(16-2)8-12(17-3)13(10)14/h7-8H,4-6H2,1-3H3. The highest BCUT2D eigenvalue weighted by atomic mass is 16.5. The van der Waals surface area contributed by atoms with E-state index in [2.05, 4.69) is 4.90 Å². The minimum atomic E-state index is 0.154. The lowest BCUT2D eigenvalue weighted by atomic mass is 10.0. The molecule has 2 rings (SSSR count). The number of carbonyl (C=O) groups excluding carboxylic acids is 1. The summed E-state index contributed by atoms with van der Waals surface area (Å²) in [7, 11) is 5.18. The summed E-state index contributed by atoms with van der Waals surface area (Å²) in [6, 6.07) is 3.61. The van der Waals surface area contributed by atoms with Crippen molar-refractivity contribution >= 4 is 11.5 Å². The van der Waals surface area contributed by atoms with Crippen molar-refractivity contribution in [3.8, 4) is 11.5 Å². The molecule has 4 nitrogen and oxygen atoms in total. The van der Waals surface area contributed by atoms with E-state index in [0.717, 1.165) is 18.7 Å². The topological polar surface area (TPSA) is 38.8 Å². The number of benzene rings is 1. The van der Waals surface area contributed by atoms with Crippen LogP contribution < -0.4 is 14.4 Å². The number of fused-ring (bicyclic) bond motifs is 1. The van der Waals surface area contributed by atoms with E-state index in [4.69, 9.17) is 9.47 Å². The number of carbonyl (C=O) groups is 1. The van der Waals surface area contributed by atoms with Gasteiger partial charge in [-0.05, 0) is 12.5 Å². The highest BCUT2D eigenvalue weighted by molar-refractivity contribution is 6.03. The van der Waals surface area contributed by atoms with E-state index in [-0.39, 0.29) is 5.78 Å². The van der Waals surface area contributed by atoms with Crippen molar-refractivity contribution in [2.75, 3.05) is 32.7 Å². The van der Waals surface area contributed by atoms with Crippen LogP contribution in [0.5, 0.6) is 11.5 Å². The number of nitrogens with zero attached hydrogens (tertiary/aromatic N) is 1. The summed E-state index contributed by atoms with van der Waals surface area (Å²) in [6.07, 6.45) is 1.45. The number of anilines is 1. The lowest BCUT2D eigenvalue weighted by Gasteiger charge is -2.22. The second-order valence-corrected chi connectivity index (χ2v) is 4.17. The normalized spacial score (nSPS) is 15.2. The molecule has 0 bridgehead atoms. The van der Waals surface area contributed by atoms with Gasteiger partial charge in [0.15, 0.2) is 5.78 Å². The molecule has 92 valence electrons. The van der Waals surface area contributed by atoms with Gasteiger partial charge in [-0.25, -0.2) is 0 Å². The Hall–Kier alpha value is -1.71. The summed E-state index contributed by atoms with van der Waals surface area (Å²) in [4.78, 5) is 14.1. The molecular weight excluding hydrogens is 218 g/mol. The molecule has 1 aromatic rings. The van der Waals surface area contributed by atoms with E-state index in [9.17, 15) is 4.79 Å². The molecule has 0 aliphatic carbocycles. The second kappa shape index (κ2) is 4.65. The Morgan fingerprint density at radius 2 is 2.00 bits per heavy atom. The van der Waals surface area contributed by atoms with Crippen molar-refractivity contribution in [3.63, 3.8) is 0 Å². The summed E-state index contributed by atoms with van der Waals surface area (Å²) in [6.45, 7) is 0.863. The lowest BCUT2D eigenvalue weighted by molar-refractivity contribution is 0.0983. The van der Waals surface area contributed by atoms with E-state index in [1.165, 1.54) is 0 Å². The van der Waals surface area contributed by atoms with Crippen LogP contribution in [0.25, 0.3) is 0 Å². The van der Waals surface area contributed by atoms with E-state index in [1.807, 2.05) is 13.1 Å². The predicted molar refractivity (Wildman–Crippen MR) is 66.4 cm³/mol. The fourth-order valence-electron chi connectivity index (χ4n) is 2.19. The smallest absolute Gasteiger partial charge is 0.165 e. The Kier molecular flexibility index (Phi) is 3.22. The lowest BCUT2D eigenvalue weighted by Crippen LogP contribution is -2.18. The third kappa shape index (κ3) is 2.07. The van der Waals surface area contributed by atoms with Gasteiger partial charge in [0.1, 0.15) is 11.5 Å². The third-order valence-corrected chi connectivity index (χ3v) is 3.08. The van der Waals surface area contributed by atoms with Gasteiger partial charge >= 0.3 is 0 Å². The van der Waals surface area contributed by atoms with Gasteiger partial charge < -0.3 is 14.4 Å². The van der Waals surface area contributed by atoms with Gasteiger partial charge in [0.2, 0.25) is 0 Å². The van der Waals surface area contributed by atoms with Crippen molar-refractivity contribution in [2.24, 2.45) is 0 Å². The molecule has 1 aromatic carbocycles. The zero-order chi connectivity index (χ0) is 12.4. The third-order valence-electron chi connectivity index (χ3n) is 3.08. The first kappa shape index (κ1) is 11.8. The highest BCUT2D eigenvalue weighted by Crippen LogP contribution is 2.38. The fourth-order valence-corrected chi connectivity index (χ4v) is 2.19. The largest absolute Gasteiger partial charge is 0.497 e. The molecule has 0 amide bonds. The first-order chi connectivity index (χ1) is 8.17. The van der Waals surface area contributed by atoms with Crippen LogP contribution >= 0.6 is 0 Å². The van der Waals surface area contributed by atoms with E-state index in [1.54, 1.807) is 20.3 Å². The van der Waals surface area contributed by atoms with Gasteiger partial charge in [0.25, 0.3) is 0 Å². The van der Waals surface area contributed by atoms with Crippen LogP contribution in [-0.4, -0.2) is 33.6 Å². The molecule has 17 heavy (non-hydrogen) atoms. The first-order valence-corrected chi connectivity index (χ1v) is 5.67. The molecular formula is C13H17NO3. The summed E-state index contributed by atoms with van der Waals surface area (Å²) in [5, 5.41) is 0. The predicted octanol–water partition coefficient (Wildman–Crippen LogP) is 2.12. The maximum Gasteiger partial charge on any atom is 0.165 e. The zero-order valence-corrected chi connectivity index (χ0v) is 10.4. The number of hydrogen-bond acceptors (Lipinski definition) is 4. The maximum atomic E-state index is 12.0. The van der Waals surface area contributed by atoms with Gasteiger partial charge in [-0.3, -0.25) is 4.79 Å². The number of rotatable bonds is 2. The Bertz CT molecular complexity index is 443. The molecule has 1 aliphatic rings. The number of Topliss-reactive ketones (excluding diaryl/α,β-unsaturated/α-hetero) is 1. The number of methoxy groups -OCH3 is 2. The Morgan fingerprint density at radius 1 is 1.24 bits per heavy atom. The van der Waals surface area contributed by atoms with E-state index >= 15 is 0 Å². The van der Waals surface area contributed by atoms with Crippen LogP contribution in [0.1, 0.15) is 23.2 Å². The van der Waals surface area contributed by atoms with Crippen molar-refractivity contribution in [3.05, 3.63) is 17.7 Å². The number of ether oxygens (including phenoxy) is 2.